The summed E-state index contributed by atoms with van der Waals surface area (Å²) in [5.41, 5.74) is 1.98. The molecule has 0 saturated carbocycles. The number of ketones is 1. The molecule has 0 spiro atoms. The highest BCUT2D eigenvalue weighted by Gasteiger charge is 2.24. The van der Waals surface area contributed by atoms with E-state index in [1.165, 1.54) is 0 Å². The van der Waals surface area contributed by atoms with Crippen molar-refractivity contribution in [1.82, 2.24) is 20.8 Å². The number of fused-ring (bicyclic) bond motifs is 1. The molecule has 0 radical (unpaired) electrons. The summed E-state index contributed by atoms with van der Waals surface area (Å²) in [5, 5.41) is 21.5. The average molecular weight is 507 g/mol. The van der Waals surface area contributed by atoms with Gasteiger partial charge in [0.1, 0.15) is 17.5 Å². The van der Waals surface area contributed by atoms with Gasteiger partial charge in [-0.15, -0.1) is 0 Å². The van der Waals surface area contributed by atoms with Crippen LogP contribution in [0.15, 0.2) is 10.6 Å². The van der Waals surface area contributed by atoms with Gasteiger partial charge in [0.05, 0.1) is 18.6 Å². The van der Waals surface area contributed by atoms with Crippen LogP contribution < -0.4 is 15.4 Å². The second kappa shape index (κ2) is 12.5. The molecule has 10 heteroatoms. The van der Waals surface area contributed by atoms with E-state index in [4.69, 9.17) is 21.5 Å². The minimum absolute atomic E-state index is 0.0378. The predicted molar refractivity (Wildman–Crippen MR) is 138 cm³/mol. The average Bonchev–Trinajstić information content (AvgIpc) is 3.27. The van der Waals surface area contributed by atoms with Gasteiger partial charge in [-0.05, 0) is 26.2 Å². The number of nitrogens with zero attached hydrogens (tertiary/aromatic N) is 2. The van der Waals surface area contributed by atoms with Gasteiger partial charge >= 0.3 is 0 Å². The van der Waals surface area contributed by atoms with E-state index in [0.717, 1.165) is 36.2 Å². The molecule has 0 saturated heterocycles. The highest BCUT2D eigenvalue weighted by atomic mass is 32.2. The molecule has 0 bridgehead atoms. The van der Waals surface area contributed by atoms with Crippen molar-refractivity contribution < 1.29 is 19.2 Å². The quantitative estimate of drug-likeness (QED) is 0.497. The van der Waals surface area contributed by atoms with Crippen molar-refractivity contribution in [3.63, 3.8) is 0 Å². The van der Waals surface area contributed by atoms with Gasteiger partial charge in [0, 0.05) is 46.7 Å². The maximum absolute atomic E-state index is 13.1. The minimum Gasteiger partial charge on any atom is -0.507 e. The monoisotopic (exact) mass is 506 g/mol. The standard InChI is InChI=1S/C24H34N4O4S2/c1-14(2)25-11-21-27-24(32-28-21)17-13-34-12-16-19(30)10-20(31-4)15(3)23(16)18(29)8-6-5-7-9-22(33)26-17/h10,14,17,25,30H,5-9,11-13H2,1-4H3,(H,26,33)/t17-/m0/s1. The second-order valence-electron chi connectivity index (χ2n) is 8.78. The number of phenols is 1. The van der Waals surface area contributed by atoms with Gasteiger partial charge in [-0.2, -0.15) is 16.7 Å². The zero-order chi connectivity index (χ0) is 24.7. The molecule has 8 nitrogen and oxygen atoms in total. The van der Waals surface area contributed by atoms with Crippen molar-refractivity contribution in [3.05, 3.63) is 34.5 Å². The molecule has 1 aromatic heterocycles. The number of aromatic nitrogens is 2. The zero-order valence-electron chi connectivity index (χ0n) is 20.3. The van der Waals surface area contributed by atoms with Crippen LogP contribution >= 0.6 is 24.0 Å². The number of carbonyl (C=O) groups is 1. The molecule has 3 rings (SSSR count). The lowest BCUT2D eigenvalue weighted by molar-refractivity contribution is 0.0977. The SMILES string of the molecule is COc1cc(O)c2c(c1C)C(=O)CCCCCC(=S)N[C@H](c1nc(CNC(C)C)no1)CSC2. The molecule has 0 aliphatic carbocycles. The molecule has 2 heterocycles. The second-order valence-corrected chi connectivity index (χ2v) is 10.3. The number of methoxy groups -OCH3 is 1. The number of hydrogen-bond acceptors (Lipinski definition) is 9. The number of phenolic OH excluding ortho intramolecular Hbond substituents is 1. The number of Topliss-reactive ketones (excluding diaryl/α,β-unsaturated/α-hetero) is 1. The first-order chi connectivity index (χ1) is 16.3. The highest BCUT2D eigenvalue weighted by molar-refractivity contribution is 7.98. The van der Waals surface area contributed by atoms with E-state index >= 15 is 0 Å². The maximum atomic E-state index is 13.1. The van der Waals surface area contributed by atoms with E-state index in [-0.39, 0.29) is 17.6 Å². The number of rotatable bonds is 5. The summed E-state index contributed by atoms with van der Waals surface area (Å²) in [6, 6.07) is 1.64. The third kappa shape index (κ3) is 6.93. The summed E-state index contributed by atoms with van der Waals surface area (Å²) < 4.78 is 11.0. The molecule has 0 fully saturated rings. The molecule has 1 aliphatic rings. The lowest BCUT2D eigenvalue weighted by Crippen LogP contribution is -2.29. The van der Waals surface area contributed by atoms with Crippen LogP contribution in [-0.2, 0) is 12.3 Å². The maximum Gasteiger partial charge on any atom is 0.250 e. The van der Waals surface area contributed by atoms with Crippen molar-refractivity contribution >= 4 is 34.8 Å². The van der Waals surface area contributed by atoms with Crippen molar-refractivity contribution in [2.24, 2.45) is 0 Å². The van der Waals surface area contributed by atoms with Gasteiger partial charge in [0.15, 0.2) is 11.6 Å². The van der Waals surface area contributed by atoms with Gasteiger partial charge in [-0.3, -0.25) is 4.79 Å². The van der Waals surface area contributed by atoms with Crippen molar-refractivity contribution in [1.29, 1.82) is 0 Å². The third-order valence-electron chi connectivity index (χ3n) is 5.75. The molecule has 34 heavy (non-hydrogen) atoms. The van der Waals surface area contributed by atoms with Crippen molar-refractivity contribution in [3.8, 4) is 11.5 Å². The van der Waals surface area contributed by atoms with Crippen LogP contribution in [0.4, 0.5) is 0 Å². The summed E-state index contributed by atoms with van der Waals surface area (Å²) in [5.74, 6) is 2.75. The van der Waals surface area contributed by atoms with E-state index in [0.29, 0.717) is 59.1 Å². The molecule has 0 unspecified atom stereocenters. The topological polar surface area (TPSA) is 110 Å². The fraction of sp³-hybridized carbons (Fsp3) is 0.583. The van der Waals surface area contributed by atoms with Crippen LogP contribution in [0.1, 0.15) is 85.2 Å². The summed E-state index contributed by atoms with van der Waals surface area (Å²) in [6.45, 7) is 6.52. The van der Waals surface area contributed by atoms with E-state index in [1.54, 1.807) is 24.9 Å². The summed E-state index contributed by atoms with van der Waals surface area (Å²) in [6.07, 6.45) is 3.73. The number of aromatic hydroxyl groups is 1. The molecule has 1 aromatic carbocycles. The lowest BCUT2D eigenvalue weighted by Gasteiger charge is -2.20. The predicted octanol–water partition coefficient (Wildman–Crippen LogP) is 4.63. The molecular weight excluding hydrogens is 472 g/mol. The first kappa shape index (κ1) is 26.4. The first-order valence-corrected chi connectivity index (χ1v) is 13.2. The Labute approximate surface area is 210 Å². The van der Waals surface area contributed by atoms with Crippen LogP contribution in [0.25, 0.3) is 0 Å². The van der Waals surface area contributed by atoms with Gasteiger partial charge in [-0.1, -0.05) is 37.6 Å². The van der Waals surface area contributed by atoms with E-state index in [9.17, 15) is 9.90 Å². The van der Waals surface area contributed by atoms with Crippen LogP contribution in [0.2, 0.25) is 0 Å². The van der Waals surface area contributed by atoms with Gasteiger partial charge < -0.3 is 25.0 Å². The Bertz CT molecular complexity index is 1010. The number of thiocarbonyl (C=S) groups is 1. The Morgan fingerprint density at radius 3 is 2.85 bits per heavy atom. The summed E-state index contributed by atoms with van der Waals surface area (Å²) >= 11 is 7.15. The Morgan fingerprint density at radius 2 is 2.12 bits per heavy atom. The largest absolute Gasteiger partial charge is 0.507 e. The fourth-order valence-corrected chi connectivity index (χ4v) is 5.26. The van der Waals surface area contributed by atoms with Crippen LogP contribution in [-0.4, -0.2) is 44.9 Å². The van der Waals surface area contributed by atoms with E-state index < -0.39 is 0 Å². The number of benzene rings is 1. The molecule has 3 N–H and O–H groups in total. The van der Waals surface area contributed by atoms with Crippen molar-refractivity contribution in [2.75, 3.05) is 12.9 Å². The molecule has 1 atom stereocenters. The molecular formula is C24H34N4O4S2. The Balaban J connectivity index is 1.85. The van der Waals surface area contributed by atoms with Crippen LogP contribution in [0.5, 0.6) is 11.5 Å². The van der Waals surface area contributed by atoms with Gasteiger partial charge in [0.25, 0.3) is 0 Å². The normalized spacial score (nSPS) is 18.3. The fourth-order valence-electron chi connectivity index (χ4n) is 3.90. The van der Waals surface area contributed by atoms with Crippen molar-refractivity contribution in [2.45, 2.75) is 77.3 Å². The van der Waals surface area contributed by atoms with Gasteiger partial charge in [-0.25, -0.2) is 0 Å². The van der Waals surface area contributed by atoms with Crippen LogP contribution in [0.3, 0.4) is 0 Å². The number of thioether (sulfide) groups is 1. The molecule has 1 aliphatic heterocycles. The van der Waals surface area contributed by atoms with E-state index in [1.807, 2.05) is 6.92 Å². The molecule has 186 valence electrons. The number of nitrogens with one attached hydrogen (secondary N) is 2. The Morgan fingerprint density at radius 1 is 1.35 bits per heavy atom. The molecule has 0 amide bonds. The van der Waals surface area contributed by atoms with Crippen LogP contribution in [0, 0.1) is 6.92 Å². The summed E-state index contributed by atoms with van der Waals surface area (Å²) in [4.78, 5) is 18.4. The number of hydrogen-bond donors (Lipinski definition) is 3. The number of carbonyl (C=O) groups excluding carboxylic acids is 1. The third-order valence-corrected chi connectivity index (χ3v) is 7.13. The molecule has 2 aromatic rings. The van der Waals surface area contributed by atoms with E-state index in [2.05, 4.69) is 34.6 Å². The summed E-state index contributed by atoms with van der Waals surface area (Å²) in [7, 11) is 1.55. The minimum atomic E-state index is -0.263. The highest BCUT2D eigenvalue weighted by Crippen LogP contribution is 2.36. The smallest absolute Gasteiger partial charge is 0.250 e. The first-order valence-electron chi connectivity index (χ1n) is 11.7. The van der Waals surface area contributed by atoms with Gasteiger partial charge in [0.2, 0.25) is 5.89 Å². The lowest BCUT2D eigenvalue weighted by atomic mass is 9.94. The zero-order valence-corrected chi connectivity index (χ0v) is 21.9. The Hall–Kier alpha value is -2.17. The number of ether oxygens (including phenoxy) is 1. The Kier molecular flexibility index (Phi) is 9.73.